The molecule has 3 aromatic carbocycles. The van der Waals surface area contributed by atoms with Crippen molar-refractivity contribution >= 4 is 33.8 Å². The highest BCUT2D eigenvalue weighted by atomic mass is 79.9. The molecule has 0 N–H and O–H groups in total. The lowest BCUT2D eigenvalue weighted by Gasteiger charge is -2.07. The van der Waals surface area contributed by atoms with Gasteiger partial charge in [-0.05, 0) is 54.1 Å². The highest BCUT2D eigenvalue weighted by Gasteiger charge is 2.28. The van der Waals surface area contributed by atoms with Gasteiger partial charge >= 0.3 is 5.97 Å². The molecule has 0 spiro atoms. The third-order valence-electron chi connectivity index (χ3n) is 4.33. The Hall–Kier alpha value is -3.38. The van der Waals surface area contributed by atoms with Crippen molar-refractivity contribution in [1.82, 2.24) is 0 Å². The minimum Gasteiger partial charge on any atom is -0.497 e. The van der Waals surface area contributed by atoms with Gasteiger partial charge in [-0.25, -0.2) is 4.79 Å². The molecule has 4 rings (SSSR count). The Morgan fingerprint density at radius 1 is 1.00 bits per heavy atom. The number of allylic oxidation sites excluding steroid dienone is 1. The summed E-state index contributed by atoms with van der Waals surface area (Å²) in [6, 6.07) is 18.9. The molecule has 0 saturated heterocycles. The van der Waals surface area contributed by atoms with E-state index >= 15 is 0 Å². The lowest BCUT2D eigenvalue weighted by molar-refractivity contribution is 0.0734. The molecule has 0 aromatic heterocycles. The summed E-state index contributed by atoms with van der Waals surface area (Å²) in [6.07, 6.45) is 1.68. The summed E-state index contributed by atoms with van der Waals surface area (Å²) in [7, 11) is 1.53. The van der Waals surface area contributed by atoms with Crippen molar-refractivity contribution in [2.75, 3.05) is 7.11 Å². The molecular weight excluding hydrogens is 436 g/mol. The second-order valence-corrected chi connectivity index (χ2v) is 7.19. The molecule has 29 heavy (non-hydrogen) atoms. The zero-order chi connectivity index (χ0) is 20.4. The van der Waals surface area contributed by atoms with Crippen LogP contribution in [0.25, 0.3) is 6.08 Å². The Morgan fingerprint density at radius 2 is 1.79 bits per heavy atom. The molecule has 1 heterocycles. The number of hydrogen-bond acceptors (Lipinski definition) is 5. The van der Waals surface area contributed by atoms with E-state index in [0.717, 1.165) is 10.0 Å². The average Bonchev–Trinajstić information content (AvgIpc) is 3.04. The van der Waals surface area contributed by atoms with Crippen molar-refractivity contribution in [2.45, 2.75) is 0 Å². The third kappa shape index (κ3) is 4.07. The van der Waals surface area contributed by atoms with Crippen LogP contribution < -0.4 is 14.2 Å². The second-order valence-electron chi connectivity index (χ2n) is 6.27. The van der Waals surface area contributed by atoms with Crippen LogP contribution in [0.4, 0.5) is 0 Å². The van der Waals surface area contributed by atoms with Crippen molar-refractivity contribution in [3.63, 3.8) is 0 Å². The Kier molecular flexibility index (Phi) is 5.18. The van der Waals surface area contributed by atoms with Crippen LogP contribution >= 0.6 is 15.9 Å². The van der Waals surface area contributed by atoms with Crippen LogP contribution in [0, 0.1) is 0 Å². The lowest BCUT2D eigenvalue weighted by Crippen LogP contribution is -2.08. The number of ketones is 1. The number of hydrogen-bond donors (Lipinski definition) is 0. The molecule has 0 aliphatic carbocycles. The number of benzene rings is 3. The van der Waals surface area contributed by atoms with Gasteiger partial charge in [0.05, 0.1) is 18.2 Å². The monoisotopic (exact) mass is 450 g/mol. The van der Waals surface area contributed by atoms with Gasteiger partial charge in [0.15, 0.2) is 5.76 Å². The fourth-order valence-corrected chi connectivity index (χ4v) is 3.12. The lowest BCUT2D eigenvalue weighted by atomic mass is 10.1. The standard InChI is InChI=1S/C23H15BrO5/c1-27-17-4-2-3-15(12-17)23(26)28-18-9-10-19-20(13-18)29-21(22(19)25)11-14-5-7-16(24)8-6-14/h2-13H,1H3/b21-11-. The average molecular weight is 451 g/mol. The maximum absolute atomic E-state index is 12.6. The Bertz CT molecular complexity index is 1130. The van der Waals surface area contributed by atoms with E-state index in [1.807, 2.05) is 24.3 Å². The van der Waals surface area contributed by atoms with E-state index in [-0.39, 0.29) is 17.3 Å². The maximum Gasteiger partial charge on any atom is 0.343 e. The van der Waals surface area contributed by atoms with Crippen molar-refractivity contribution in [3.05, 3.63) is 93.7 Å². The Morgan fingerprint density at radius 3 is 2.55 bits per heavy atom. The van der Waals surface area contributed by atoms with Crippen LogP contribution in [0.3, 0.4) is 0 Å². The van der Waals surface area contributed by atoms with E-state index in [0.29, 0.717) is 22.6 Å². The highest BCUT2D eigenvalue weighted by Crippen LogP contribution is 2.35. The first-order valence-corrected chi connectivity index (χ1v) is 9.53. The topological polar surface area (TPSA) is 61.8 Å². The summed E-state index contributed by atoms with van der Waals surface area (Å²) in [5, 5.41) is 0. The molecule has 5 nitrogen and oxygen atoms in total. The van der Waals surface area contributed by atoms with Gasteiger partial charge in [-0.15, -0.1) is 0 Å². The first-order chi connectivity index (χ1) is 14.0. The highest BCUT2D eigenvalue weighted by molar-refractivity contribution is 9.10. The predicted molar refractivity (Wildman–Crippen MR) is 111 cm³/mol. The van der Waals surface area contributed by atoms with Gasteiger partial charge in [0, 0.05) is 10.5 Å². The van der Waals surface area contributed by atoms with E-state index in [9.17, 15) is 9.59 Å². The number of rotatable bonds is 4. The minimum atomic E-state index is -0.529. The summed E-state index contributed by atoms with van der Waals surface area (Å²) >= 11 is 3.38. The van der Waals surface area contributed by atoms with E-state index in [2.05, 4.69) is 15.9 Å². The number of Topliss-reactive ketones (excluding diaryl/α,β-unsaturated/α-hetero) is 1. The van der Waals surface area contributed by atoms with Crippen molar-refractivity contribution in [3.8, 4) is 17.2 Å². The summed E-state index contributed by atoms with van der Waals surface area (Å²) < 4.78 is 17.2. The van der Waals surface area contributed by atoms with Crippen LogP contribution in [0.5, 0.6) is 17.2 Å². The van der Waals surface area contributed by atoms with Gasteiger partial charge < -0.3 is 14.2 Å². The normalized spacial score (nSPS) is 13.7. The molecule has 3 aromatic rings. The Labute approximate surface area is 175 Å². The SMILES string of the molecule is COc1cccc(C(=O)Oc2ccc3c(c2)O/C(=C\c2ccc(Br)cc2)C3=O)c1. The number of ether oxygens (including phenoxy) is 3. The smallest absolute Gasteiger partial charge is 0.343 e. The third-order valence-corrected chi connectivity index (χ3v) is 4.85. The number of esters is 1. The van der Waals surface area contributed by atoms with E-state index in [4.69, 9.17) is 14.2 Å². The number of carbonyl (C=O) groups excluding carboxylic acids is 2. The van der Waals surface area contributed by atoms with Crippen LogP contribution in [0.15, 0.2) is 77.0 Å². The maximum atomic E-state index is 12.6. The van der Waals surface area contributed by atoms with Crippen molar-refractivity contribution in [2.24, 2.45) is 0 Å². The predicted octanol–water partition coefficient (Wildman–Crippen LogP) is 5.29. The quantitative estimate of drug-likeness (QED) is 0.306. The molecule has 0 radical (unpaired) electrons. The van der Waals surface area contributed by atoms with Gasteiger partial charge in [-0.3, -0.25) is 4.79 Å². The minimum absolute atomic E-state index is 0.214. The summed E-state index contributed by atoms with van der Waals surface area (Å²) in [5.74, 6) is 0.680. The molecule has 6 heteroatoms. The summed E-state index contributed by atoms with van der Waals surface area (Å²) in [5.41, 5.74) is 1.63. The van der Waals surface area contributed by atoms with E-state index in [1.165, 1.54) is 13.2 Å². The van der Waals surface area contributed by atoms with Crippen molar-refractivity contribution < 1.29 is 23.8 Å². The van der Waals surface area contributed by atoms with Gasteiger partial charge in [0.25, 0.3) is 0 Å². The molecular formula is C23H15BrO5. The van der Waals surface area contributed by atoms with Crippen LogP contribution in [-0.2, 0) is 0 Å². The number of methoxy groups -OCH3 is 1. The molecule has 0 atom stereocenters. The van der Waals surface area contributed by atoms with E-state index in [1.54, 1.807) is 42.5 Å². The fraction of sp³-hybridized carbons (Fsp3) is 0.0435. The number of fused-ring (bicyclic) bond motifs is 1. The van der Waals surface area contributed by atoms with Gasteiger partial charge in [-0.2, -0.15) is 0 Å². The molecule has 0 amide bonds. The number of halogens is 1. The van der Waals surface area contributed by atoms with E-state index < -0.39 is 5.97 Å². The zero-order valence-corrected chi connectivity index (χ0v) is 16.9. The first kappa shape index (κ1) is 19.0. The largest absolute Gasteiger partial charge is 0.497 e. The Balaban J connectivity index is 1.54. The zero-order valence-electron chi connectivity index (χ0n) is 15.3. The molecule has 1 aliphatic heterocycles. The van der Waals surface area contributed by atoms with Crippen LogP contribution in [-0.4, -0.2) is 18.9 Å². The molecule has 0 bridgehead atoms. The number of carbonyl (C=O) groups is 2. The fourth-order valence-electron chi connectivity index (χ4n) is 2.86. The molecule has 144 valence electrons. The van der Waals surface area contributed by atoms with Gasteiger partial charge in [0.1, 0.15) is 17.2 Å². The first-order valence-electron chi connectivity index (χ1n) is 8.73. The molecule has 1 aliphatic rings. The summed E-state index contributed by atoms with van der Waals surface area (Å²) in [6.45, 7) is 0. The van der Waals surface area contributed by atoms with Gasteiger partial charge in [0.2, 0.25) is 5.78 Å². The molecule has 0 saturated carbocycles. The van der Waals surface area contributed by atoms with Crippen molar-refractivity contribution in [1.29, 1.82) is 0 Å². The van der Waals surface area contributed by atoms with Crippen LogP contribution in [0.2, 0.25) is 0 Å². The second kappa shape index (κ2) is 7.93. The van der Waals surface area contributed by atoms with Crippen LogP contribution in [0.1, 0.15) is 26.3 Å². The molecule has 0 fully saturated rings. The summed E-state index contributed by atoms with van der Waals surface area (Å²) in [4.78, 5) is 24.9. The van der Waals surface area contributed by atoms with Gasteiger partial charge in [-0.1, -0.05) is 34.1 Å². The molecule has 0 unspecified atom stereocenters.